The van der Waals surface area contributed by atoms with E-state index < -0.39 is 0 Å². The van der Waals surface area contributed by atoms with Gasteiger partial charge in [0.25, 0.3) is 0 Å². The summed E-state index contributed by atoms with van der Waals surface area (Å²) in [5.41, 5.74) is 1.10. The molecule has 74 valence electrons. The highest BCUT2D eigenvalue weighted by Gasteiger charge is 2.16. The molecule has 1 rings (SSSR count). The fourth-order valence-corrected chi connectivity index (χ4v) is 1.36. The molecule has 1 aromatic heterocycles. The van der Waals surface area contributed by atoms with Gasteiger partial charge in [-0.2, -0.15) is 0 Å². The molecule has 0 aromatic carbocycles. The summed E-state index contributed by atoms with van der Waals surface area (Å²) in [6.45, 7) is 8.76. The van der Waals surface area contributed by atoms with Gasteiger partial charge in [-0.1, -0.05) is 39.3 Å². The SMILES string of the molecule is CCc1cc(C(C)C(C)CC)no1. The van der Waals surface area contributed by atoms with E-state index in [0.29, 0.717) is 11.8 Å². The van der Waals surface area contributed by atoms with Crippen LogP contribution in [-0.2, 0) is 6.42 Å². The van der Waals surface area contributed by atoms with Crippen LogP contribution in [-0.4, -0.2) is 5.16 Å². The van der Waals surface area contributed by atoms with Gasteiger partial charge in [-0.05, 0) is 5.92 Å². The van der Waals surface area contributed by atoms with Gasteiger partial charge in [0, 0.05) is 18.4 Å². The molecule has 0 bridgehead atoms. The van der Waals surface area contributed by atoms with Crippen LogP contribution in [0.25, 0.3) is 0 Å². The molecule has 13 heavy (non-hydrogen) atoms. The first kappa shape index (κ1) is 10.3. The molecule has 0 saturated carbocycles. The van der Waals surface area contributed by atoms with Crippen molar-refractivity contribution in [2.45, 2.75) is 46.5 Å². The third-order valence-electron chi connectivity index (χ3n) is 2.89. The number of rotatable bonds is 4. The standard InChI is InChI=1S/C11H19NO/c1-5-8(3)9(4)11-7-10(6-2)13-12-11/h7-9H,5-6H2,1-4H3. The smallest absolute Gasteiger partial charge is 0.136 e. The molecule has 0 aliphatic rings. The third-order valence-corrected chi connectivity index (χ3v) is 2.89. The highest BCUT2D eigenvalue weighted by atomic mass is 16.5. The van der Waals surface area contributed by atoms with Crippen molar-refractivity contribution < 1.29 is 4.52 Å². The Balaban J connectivity index is 2.70. The zero-order chi connectivity index (χ0) is 9.84. The largest absolute Gasteiger partial charge is 0.361 e. The van der Waals surface area contributed by atoms with Crippen molar-refractivity contribution >= 4 is 0 Å². The fourth-order valence-electron chi connectivity index (χ4n) is 1.36. The van der Waals surface area contributed by atoms with E-state index in [4.69, 9.17) is 4.52 Å². The van der Waals surface area contributed by atoms with Crippen molar-refractivity contribution in [3.8, 4) is 0 Å². The van der Waals surface area contributed by atoms with Crippen molar-refractivity contribution in [1.29, 1.82) is 0 Å². The second kappa shape index (κ2) is 4.45. The lowest BCUT2D eigenvalue weighted by atomic mass is 9.91. The molecule has 2 heteroatoms. The summed E-state index contributed by atoms with van der Waals surface area (Å²) in [5, 5.41) is 4.08. The summed E-state index contributed by atoms with van der Waals surface area (Å²) < 4.78 is 5.18. The normalized spacial score (nSPS) is 15.7. The van der Waals surface area contributed by atoms with Crippen LogP contribution in [0.15, 0.2) is 10.6 Å². The van der Waals surface area contributed by atoms with Gasteiger partial charge < -0.3 is 4.52 Å². The summed E-state index contributed by atoms with van der Waals surface area (Å²) >= 11 is 0. The Morgan fingerprint density at radius 3 is 2.54 bits per heavy atom. The van der Waals surface area contributed by atoms with E-state index in [1.165, 1.54) is 6.42 Å². The average Bonchev–Trinajstić information content (AvgIpc) is 2.63. The van der Waals surface area contributed by atoms with Crippen LogP contribution in [0, 0.1) is 5.92 Å². The van der Waals surface area contributed by atoms with Gasteiger partial charge >= 0.3 is 0 Å². The first-order chi connectivity index (χ1) is 6.19. The number of aromatic nitrogens is 1. The van der Waals surface area contributed by atoms with Crippen molar-refractivity contribution in [3.63, 3.8) is 0 Å². The Bertz CT molecular complexity index is 254. The lowest BCUT2D eigenvalue weighted by molar-refractivity contribution is 0.364. The molecular weight excluding hydrogens is 162 g/mol. The Morgan fingerprint density at radius 1 is 1.38 bits per heavy atom. The Hall–Kier alpha value is -0.790. The fraction of sp³-hybridized carbons (Fsp3) is 0.727. The Kier molecular flexibility index (Phi) is 3.52. The molecular formula is C11H19NO. The van der Waals surface area contributed by atoms with Crippen molar-refractivity contribution in [2.24, 2.45) is 5.92 Å². The number of hydrogen-bond donors (Lipinski definition) is 0. The van der Waals surface area contributed by atoms with E-state index in [1.807, 2.05) is 0 Å². The molecule has 1 aromatic rings. The third kappa shape index (κ3) is 2.33. The summed E-state index contributed by atoms with van der Waals surface area (Å²) in [4.78, 5) is 0. The molecule has 2 nitrogen and oxygen atoms in total. The van der Waals surface area contributed by atoms with Crippen molar-refractivity contribution in [2.75, 3.05) is 0 Å². The van der Waals surface area contributed by atoms with Crippen LogP contribution in [0.3, 0.4) is 0 Å². The maximum Gasteiger partial charge on any atom is 0.136 e. The molecule has 2 unspecified atom stereocenters. The minimum Gasteiger partial charge on any atom is -0.361 e. The van der Waals surface area contributed by atoms with Crippen molar-refractivity contribution in [1.82, 2.24) is 5.16 Å². The number of nitrogens with zero attached hydrogens (tertiary/aromatic N) is 1. The van der Waals surface area contributed by atoms with Crippen LogP contribution >= 0.6 is 0 Å². The van der Waals surface area contributed by atoms with Gasteiger partial charge in [0.1, 0.15) is 5.76 Å². The first-order valence-corrected chi connectivity index (χ1v) is 5.14. The molecule has 0 aliphatic carbocycles. The molecule has 0 spiro atoms. The molecule has 0 fully saturated rings. The quantitative estimate of drug-likeness (QED) is 0.711. The maximum atomic E-state index is 5.18. The zero-order valence-electron chi connectivity index (χ0n) is 9.00. The summed E-state index contributed by atoms with van der Waals surface area (Å²) in [5.74, 6) is 2.18. The Labute approximate surface area is 80.3 Å². The monoisotopic (exact) mass is 181 g/mol. The lowest BCUT2D eigenvalue weighted by Crippen LogP contribution is -2.04. The molecule has 0 aliphatic heterocycles. The average molecular weight is 181 g/mol. The van der Waals surface area contributed by atoms with E-state index >= 15 is 0 Å². The van der Waals surface area contributed by atoms with E-state index in [2.05, 4.69) is 38.9 Å². The highest BCUT2D eigenvalue weighted by molar-refractivity contribution is 5.10. The topological polar surface area (TPSA) is 26.0 Å². The molecule has 1 heterocycles. The molecule has 0 amide bonds. The predicted octanol–water partition coefficient (Wildman–Crippen LogP) is 3.39. The van der Waals surface area contributed by atoms with Gasteiger partial charge in [0.2, 0.25) is 0 Å². The summed E-state index contributed by atoms with van der Waals surface area (Å²) in [6.07, 6.45) is 2.12. The van der Waals surface area contributed by atoms with Gasteiger partial charge in [-0.25, -0.2) is 0 Å². The van der Waals surface area contributed by atoms with Crippen LogP contribution < -0.4 is 0 Å². The zero-order valence-corrected chi connectivity index (χ0v) is 9.00. The number of hydrogen-bond acceptors (Lipinski definition) is 2. The second-order valence-electron chi connectivity index (χ2n) is 3.75. The molecule has 2 atom stereocenters. The lowest BCUT2D eigenvalue weighted by Gasteiger charge is -2.14. The Morgan fingerprint density at radius 2 is 2.08 bits per heavy atom. The maximum absolute atomic E-state index is 5.18. The van der Waals surface area contributed by atoms with Gasteiger partial charge in [0.15, 0.2) is 0 Å². The van der Waals surface area contributed by atoms with Crippen LogP contribution in [0.5, 0.6) is 0 Å². The highest BCUT2D eigenvalue weighted by Crippen LogP contribution is 2.25. The van der Waals surface area contributed by atoms with Gasteiger partial charge in [-0.3, -0.25) is 0 Å². The predicted molar refractivity (Wildman–Crippen MR) is 53.8 cm³/mol. The minimum atomic E-state index is 0.508. The van der Waals surface area contributed by atoms with E-state index in [1.54, 1.807) is 0 Å². The van der Waals surface area contributed by atoms with E-state index in [9.17, 15) is 0 Å². The van der Waals surface area contributed by atoms with Crippen LogP contribution in [0.2, 0.25) is 0 Å². The summed E-state index contributed by atoms with van der Waals surface area (Å²) in [7, 11) is 0. The summed E-state index contributed by atoms with van der Waals surface area (Å²) in [6, 6.07) is 2.08. The van der Waals surface area contributed by atoms with Crippen LogP contribution in [0.1, 0.15) is 51.5 Å². The van der Waals surface area contributed by atoms with Crippen molar-refractivity contribution in [3.05, 3.63) is 17.5 Å². The van der Waals surface area contributed by atoms with Crippen LogP contribution in [0.4, 0.5) is 0 Å². The number of aryl methyl sites for hydroxylation is 1. The van der Waals surface area contributed by atoms with Gasteiger partial charge in [-0.15, -0.1) is 0 Å². The molecule has 0 saturated heterocycles. The van der Waals surface area contributed by atoms with E-state index in [-0.39, 0.29) is 0 Å². The molecule has 0 radical (unpaired) electrons. The van der Waals surface area contributed by atoms with Gasteiger partial charge in [0.05, 0.1) is 5.69 Å². The minimum absolute atomic E-state index is 0.508. The second-order valence-corrected chi connectivity index (χ2v) is 3.75. The van der Waals surface area contributed by atoms with E-state index in [0.717, 1.165) is 17.9 Å². The molecule has 0 N–H and O–H groups in total. The first-order valence-electron chi connectivity index (χ1n) is 5.14.